The number of likely N-dealkylation sites (N-methyl/N-ethyl adjacent to an activating group) is 1. The van der Waals surface area contributed by atoms with Gasteiger partial charge < -0.3 is 38.7 Å². The Hall–Kier alpha value is -6.12. The molecule has 3 aliphatic heterocycles. The molecule has 5 aromatic rings. The fourth-order valence-corrected chi connectivity index (χ4v) is 10.2. The largest absolute Gasteiger partial charge is 0.465 e. The predicted octanol–water partition coefficient (Wildman–Crippen LogP) is 9.69. The lowest BCUT2D eigenvalue weighted by Crippen LogP contribution is -2.51. The minimum Gasteiger partial charge on any atom is -0.465 e. The van der Waals surface area contributed by atoms with Crippen LogP contribution in [0.4, 0.5) is 15.3 Å². The van der Waals surface area contributed by atoms with Crippen molar-refractivity contribution in [3.8, 4) is 0 Å². The van der Waals surface area contributed by atoms with E-state index in [0.717, 1.165) is 52.9 Å². The van der Waals surface area contributed by atoms with E-state index in [1.165, 1.54) is 19.7 Å². The van der Waals surface area contributed by atoms with Gasteiger partial charge in [-0.15, -0.1) is 0 Å². The minimum atomic E-state index is -1.14. The summed E-state index contributed by atoms with van der Waals surface area (Å²) in [5.74, 6) is 0.170. The number of carboxylic acid groups (broad SMARTS) is 1. The van der Waals surface area contributed by atoms with Gasteiger partial charge in [0.2, 0.25) is 23.6 Å². The normalized spacial score (nSPS) is 21.2. The highest BCUT2D eigenvalue weighted by Crippen LogP contribution is 2.48. The maximum absolute atomic E-state index is 13.9. The van der Waals surface area contributed by atoms with E-state index < -0.39 is 24.3 Å². The maximum Gasteiger partial charge on any atom is 0.407 e. The molecule has 0 saturated carbocycles. The molecule has 0 bridgehead atoms. The van der Waals surface area contributed by atoms with Gasteiger partial charge in [0.05, 0.1) is 19.2 Å². The Morgan fingerprint density at radius 3 is 1.69 bits per heavy atom. The van der Waals surface area contributed by atoms with Crippen molar-refractivity contribution in [2.24, 2.45) is 11.8 Å². The summed E-state index contributed by atoms with van der Waals surface area (Å²) in [6.45, 7) is 15.2. The van der Waals surface area contributed by atoms with E-state index in [9.17, 15) is 24.3 Å². The topological polar surface area (TPSA) is 175 Å². The monoisotopic (exact) mass is 889 g/mol. The lowest BCUT2D eigenvalue weighted by Gasteiger charge is -2.34. The molecule has 5 heterocycles. The smallest absolute Gasteiger partial charge is 0.407 e. The fraction of sp³-hybridized carbons (Fsp3) is 0.520. The summed E-state index contributed by atoms with van der Waals surface area (Å²) in [5, 5.41) is 12.5. The first-order chi connectivity index (χ1) is 30.9. The quantitative estimate of drug-likeness (QED) is 0.129. The number of aromatic nitrogens is 2. The molecule has 2 N–H and O–H groups in total. The third-order valence-electron chi connectivity index (χ3n) is 13.7. The molecule has 346 valence electrons. The summed E-state index contributed by atoms with van der Waals surface area (Å²) >= 11 is 0. The molecule has 8 rings (SSSR count). The van der Waals surface area contributed by atoms with Gasteiger partial charge in [0.15, 0.2) is 11.2 Å². The SMILES string of the molecule is COC(=O)N[C@H](C(=O)N1CCC[C@H]1c1nc2ccc([C@H]3CC[C@H](c4ccc5nc([C@@H]6CCCN6C(=O)[C@H](C(C)C)N(C)C(=O)O)oc5c4)N3c3ccc(C(C)(C)C)cc3)cc2o1)C(C)C. The number of carbonyl (C=O) groups excluding carboxylic acids is 3. The number of hydrogen-bond acceptors (Lipinski definition) is 10. The van der Waals surface area contributed by atoms with E-state index >= 15 is 0 Å². The second-order valence-corrected chi connectivity index (χ2v) is 19.7. The summed E-state index contributed by atoms with van der Waals surface area (Å²) in [4.78, 5) is 68.7. The molecule has 3 fully saturated rings. The van der Waals surface area contributed by atoms with Gasteiger partial charge >= 0.3 is 12.2 Å². The van der Waals surface area contributed by atoms with Crippen molar-refractivity contribution < 1.29 is 37.9 Å². The van der Waals surface area contributed by atoms with Crippen molar-refractivity contribution in [3.63, 3.8) is 0 Å². The third-order valence-corrected chi connectivity index (χ3v) is 13.7. The standard InChI is InChI=1S/C50H63N7O8/c1-28(2)42(53-48(60)63-9)46(58)55-24-10-12-38(55)44-51-34-20-14-30(26-40(34)64-44)36-22-23-37(57(36)33-18-16-32(17-19-33)50(5,6)7)31-15-21-35-41(27-31)65-45(52-35)39-13-11-25-56(39)47(59)43(29(3)4)54(8)49(61)62/h14-21,26-29,36-39,42-43H,10-13,22-25H2,1-9H3,(H,53,60)(H,61,62)/t36-,37-,38+,39+,42+,43+/m1/s1. The number of amides is 4. The molecule has 65 heavy (non-hydrogen) atoms. The van der Waals surface area contributed by atoms with Crippen LogP contribution in [0.15, 0.2) is 69.5 Å². The van der Waals surface area contributed by atoms with Crippen LogP contribution in [0.3, 0.4) is 0 Å². The van der Waals surface area contributed by atoms with Crippen LogP contribution >= 0.6 is 0 Å². The molecular formula is C50H63N7O8. The number of likely N-dealkylation sites (tertiary alicyclic amines) is 2. The number of benzene rings is 3. The molecule has 4 amide bonds. The molecule has 0 aliphatic carbocycles. The van der Waals surface area contributed by atoms with Crippen molar-refractivity contribution in [1.82, 2.24) is 30.0 Å². The number of carbonyl (C=O) groups is 4. The van der Waals surface area contributed by atoms with E-state index in [1.54, 1.807) is 9.80 Å². The van der Waals surface area contributed by atoms with Gasteiger partial charge in [0, 0.05) is 25.8 Å². The Balaban J connectivity index is 1.09. The minimum absolute atomic E-state index is 0.00364. The molecule has 6 atom stereocenters. The lowest BCUT2D eigenvalue weighted by molar-refractivity contribution is -0.139. The lowest BCUT2D eigenvalue weighted by atomic mass is 9.87. The van der Waals surface area contributed by atoms with E-state index in [1.807, 2.05) is 39.8 Å². The van der Waals surface area contributed by atoms with Crippen LogP contribution in [0.1, 0.15) is 140 Å². The molecule has 2 aromatic heterocycles. The van der Waals surface area contributed by atoms with E-state index in [0.29, 0.717) is 54.4 Å². The number of ether oxygens (including phenoxy) is 1. The van der Waals surface area contributed by atoms with Gasteiger partial charge in [-0.1, -0.05) is 72.7 Å². The number of rotatable bonds is 11. The Morgan fingerprint density at radius 2 is 1.25 bits per heavy atom. The highest BCUT2D eigenvalue weighted by molar-refractivity contribution is 5.87. The number of fused-ring (bicyclic) bond motifs is 2. The van der Waals surface area contributed by atoms with Crippen LogP contribution in [0.2, 0.25) is 0 Å². The number of hydrogen-bond donors (Lipinski definition) is 2. The number of methoxy groups -OCH3 is 1. The van der Waals surface area contributed by atoms with Crippen LogP contribution < -0.4 is 10.2 Å². The van der Waals surface area contributed by atoms with Crippen LogP contribution in [0.5, 0.6) is 0 Å². The maximum atomic E-state index is 13.9. The van der Waals surface area contributed by atoms with Crippen molar-refractivity contribution >= 4 is 51.9 Å². The molecule has 15 heteroatoms. The number of alkyl carbamates (subject to hydrolysis) is 1. The first-order valence-electron chi connectivity index (χ1n) is 23.1. The van der Waals surface area contributed by atoms with Crippen LogP contribution in [0.25, 0.3) is 22.2 Å². The summed E-state index contributed by atoms with van der Waals surface area (Å²) in [6, 6.07) is 19.0. The Kier molecular flexibility index (Phi) is 12.6. The van der Waals surface area contributed by atoms with Gasteiger partial charge in [-0.3, -0.25) is 14.5 Å². The summed E-state index contributed by atoms with van der Waals surface area (Å²) in [7, 11) is 2.73. The average molecular weight is 890 g/mol. The Morgan fingerprint density at radius 1 is 0.738 bits per heavy atom. The highest BCUT2D eigenvalue weighted by atomic mass is 16.5. The zero-order valence-corrected chi connectivity index (χ0v) is 39.0. The van der Waals surface area contributed by atoms with E-state index in [2.05, 4.69) is 79.5 Å². The molecule has 3 aromatic carbocycles. The van der Waals surface area contributed by atoms with Crippen LogP contribution in [0, 0.1) is 11.8 Å². The highest BCUT2D eigenvalue weighted by Gasteiger charge is 2.42. The predicted molar refractivity (Wildman–Crippen MR) is 246 cm³/mol. The van der Waals surface area contributed by atoms with Crippen LogP contribution in [-0.4, -0.2) is 93.1 Å². The van der Waals surface area contributed by atoms with Gasteiger partial charge in [-0.2, -0.15) is 0 Å². The third kappa shape index (κ3) is 8.85. The van der Waals surface area contributed by atoms with E-state index in [4.69, 9.17) is 23.5 Å². The summed E-state index contributed by atoms with van der Waals surface area (Å²) in [5.41, 5.74) is 7.21. The van der Waals surface area contributed by atoms with Gasteiger partial charge in [0.25, 0.3) is 0 Å². The van der Waals surface area contributed by atoms with Gasteiger partial charge in [0.1, 0.15) is 35.2 Å². The average Bonchev–Trinajstić information content (AvgIpc) is 4.12. The number of nitrogens with one attached hydrogen (secondary N) is 1. The van der Waals surface area contributed by atoms with Crippen molar-refractivity contribution in [2.75, 3.05) is 32.1 Å². The first kappa shape index (κ1) is 45.4. The Bertz CT molecular complexity index is 2560. The molecule has 3 aliphatic rings. The molecular weight excluding hydrogens is 827 g/mol. The number of nitrogens with zero attached hydrogens (tertiary/aromatic N) is 6. The van der Waals surface area contributed by atoms with Crippen molar-refractivity contribution in [2.45, 2.75) is 129 Å². The number of oxazole rings is 2. The molecule has 0 unspecified atom stereocenters. The van der Waals surface area contributed by atoms with Crippen molar-refractivity contribution in [1.29, 1.82) is 0 Å². The van der Waals surface area contributed by atoms with Gasteiger partial charge in [-0.25, -0.2) is 19.6 Å². The first-order valence-corrected chi connectivity index (χ1v) is 23.1. The van der Waals surface area contributed by atoms with Crippen molar-refractivity contribution in [3.05, 3.63) is 89.1 Å². The van der Waals surface area contributed by atoms with E-state index in [-0.39, 0.29) is 53.2 Å². The molecule has 15 nitrogen and oxygen atoms in total. The molecule has 0 spiro atoms. The summed E-state index contributed by atoms with van der Waals surface area (Å²) < 4.78 is 17.9. The zero-order chi connectivity index (χ0) is 46.5. The second kappa shape index (κ2) is 18.0. The zero-order valence-electron chi connectivity index (χ0n) is 39.0. The van der Waals surface area contributed by atoms with Crippen LogP contribution in [-0.2, 0) is 19.7 Å². The fourth-order valence-electron chi connectivity index (χ4n) is 10.2. The Labute approximate surface area is 380 Å². The van der Waals surface area contributed by atoms with Gasteiger partial charge in [-0.05, 0) is 109 Å². The number of anilines is 1. The summed E-state index contributed by atoms with van der Waals surface area (Å²) in [6.07, 6.45) is 2.89. The second-order valence-electron chi connectivity index (χ2n) is 19.7. The molecule has 3 saturated heterocycles. The molecule has 0 radical (unpaired) electrons.